The second kappa shape index (κ2) is 8.32. The summed E-state index contributed by atoms with van der Waals surface area (Å²) in [6.07, 6.45) is 3.92. The van der Waals surface area contributed by atoms with Crippen LogP contribution in [0.5, 0.6) is 0 Å². The lowest BCUT2D eigenvalue weighted by atomic mass is 9.94. The number of oxazole rings is 1. The maximum Gasteiger partial charge on any atom is 0.256 e. The molecule has 6 rings (SSSR count). The lowest BCUT2D eigenvalue weighted by molar-refractivity contribution is -0.141. The third-order valence-corrected chi connectivity index (χ3v) is 7.06. The number of benzene rings is 2. The topological polar surface area (TPSA) is 112 Å². The predicted octanol–water partition coefficient (Wildman–Crippen LogP) is 3.12. The van der Waals surface area contributed by atoms with Gasteiger partial charge in [-0.2, -0.15) is 0 Å². The second-order valence-corrected chi connectivity index (χ2v) is 9.19. The third kappa shape index (κ3) is 3.76. The van der Waals surface area contributed by atoms with Crippen molar-refractivity contribution in [2.45, 2.75) is 37.3 Å². The Morgan fingerprint density at radius 2 is 1.97 bits per heavy atom. The van der Waals surface area contributed by atoms with Crippen LogP contribution in [-0.2, 0) is 23.2 Å². The molecule has 4 aromatic rings. The number of hydrogen-bond donors (Lipinski definition) is 2. The molecule has 176 valence electrons. The summed E-state index contributed by atoms with van der Waals surface area (Å²) < 4.78 is 5.32. The van der Waals surface area contributed by atoms with Crippen LogP contribution < -0.4 is 5.56 Å². The molecule has 1 aliphatic carbocycles. The first-order valence-corrected chi connectivity index (χ1v) is 11.7. The zero-order valence-electron chi connectivity index (χ0n) is 19.0. The Labute approximate surface area is 201 Å². The monoisotopic (exact) mass is 468 g/mol. The summed E-state index contributed by atoms with van der Waals surface area (Å²) in [5, 5.41) is 10.8. The zero-order valence-corrected chi connectivity index (χ0v) is 19.0. The van der Waals surface area contributed by atoms with Gasteiger partial charge in [0.05, 0.1) is 29.4 Å². The van der Waals surface area contributed by atoms with Gasteiger partial charge in [-0.05, 0) is 30.0 Å². The van der Waals surface area contributed by atoms with E-state index in [1.54, 1.807) is 24.4 Å². The fraction of sp³-hybridized carbons (Fsp3) is 0.259. The highest BCUT2D eigenvalue weighted by Gasteiger charge is 2.48. The summed E-state index contributed by atoms with van der Waals surface area (Å²) in [4.78, 5) is 39.5. The molecular weight excluding hydrogens is 444 g/mol. The first kappa shape index (κ1) is 21.5. The highest BCUT2D eigenvalue weighted by Crippen LogP contribution is 2.51. The Bertz CT molecular complexity index is 1440. The van der Waals surface area contributed by atoms with Gasteiger partial charge in [-0.25, -0.2) is 9.97 Å². The molecule has 1 aliphatic heterocycles. The summed E-state index contributed by atoms with van der Waals surface area (Å²) in [5.41, 5.74) is 3.11. The summed E-state index contributed by atoms with van der Waals surface area (Å²) in [6.45, 7) is 0.507. The number of carbonyl (C=O) groups is 1. The fourth-order valence-corrected chi connectivity index (χ4v) is 4.92. The van der Waals surface area contributed by atoms with E-state index in [9.17, 15) is 14.7 Å². The van der Waals surface area contributed by atoms with Gasteiger partial charge in [-0.3, -0.25) is 9.59 Å². The molecule has 1 unspecified atom stereocenters. The van der Waals surface area contributed by atoms with Crippen LogP contribution >= 0.6 is 0 Å². The van der Waals surface area contributed by atoms with E-state index in [0.29, 0.717) is 35.7 Å². The van der Waals surface area contributed by atoms with Crippen LogP contribution in [0.1, 0.15) is 47.2 Å². The Kier molecular flexibility index (Phi) is 5.11. The molecule has 0 spiro atoms. The first-order chi connectivity index (χ1) is 17.0. The number of H-pyrrole nitrogens is 1. The van der Waals surface area contributed by atoms with E-state index in [2.05, 4.69) is 22.1 Å². The average molecular weight is 469 g/mol. The summed E-state index contributed by atoms with van der Waals surface area (Å²) in [6, 6.07) is 17.1. The molecule has 1 saturated carbocycles. The molecule has 8 nitrogen and oxygen atoms in total. The van der Waals surface area contributed by atoms with E-state index in [0.717, 1.165) is 29.7 Å². The van der Waals surface area contributed by atoms with Crippen molar-refractivity contribution in [3.05, 3.63) is 106 Å². The number of carbonyl (C=O) groups excluding carboxylic acids is 1. The summed E-state index contributed by atoms with van der Waals surface area (Å²) in [7, 11) is 0. The van der Waals surface area contributed by atoms with E-state index in [4.69, 9.17) is 9.40 Å². The minimum absolute atomic E-state index is 0.119. The molecule has 1 amide bonds. The lowest BCUT2D eigenvalue weighted by Crippen LogP contribution is -2.42. The van der Waals surface area contributed by atoms with Crippen LogP contribution in [0.15, 0.2) is 76.4 Å². The van der Waals surface area contributed by atoms with Crippen molar-refractivity contribution in [1.29, 1.82) is 0 Å². The lowest BCUT2D eigenvalue weighted by Gasteiger charge is -2.30. The molecule has 1 fully saturated rings. The number of nitrogens with zero attached hydrogens (tertiary/aromatic N) is 3. The molecule has 0 bridgehead atoms. The van der Waals surface area contributed by atoms with Crippen LogP contribution in [0.4, 0.5) is 0 Å². The van der Waals surface area contributed by atoms with Crippen LogP contribution in [0.3, 0.4) is 0 Å². The minimum Gasteiger partial charge on any atom is -0.444 e. The number of aromatic nitrogens is 3. The smallest absolute Gasteiger partial charge is 0.256 e. The number of hydrogen-bond acceptors (Lipinski definition) is 6. The molecule has 2 aromatic heterocycles. The Morgan fingerprint density at radius 3 is 2.71 bits per heavy atom. The number of aliphatic hydroxyl groups excluding tert-OH is 1. The van der Waals surface area contributed by atoms with E-state index in [-0.39, 0.29) is 17.5 Å². The van der Waals surface area contributed by atoms with Crippen LogP contribution in [0.25, 0.3) is 11.3 Å². The minimum atomic E-state index is -1.35. The van der Waals surface area contributed by atoms with E-state index in [1.807, 2.05) is 24.3 Å². The highest BCUT2D eigenvalue weighted by atomic mass is 16.3. The quantitative estimate of drug-likeness (QED) is 0.465. The molecule has 2 aliphatic rings. The number of amides is 1. The third-order valence-electron chi connectivity index (χ3n) is 7.06. The van der Waals surface area contributed by atoms with Crippen molar-refractivity contribution in [1.82, 2.24) is 19.9 Å². The fourth-order valence-electron chi connectivity index (χ4n) is 4.92. The Morgan fingerprint density at radius 1 is 1.14 bits per heavy atom. The number of rotatable bonds is 5. The largest absolute Gasteiger partial charge is 0.444 e. The van der Waals surface area contributed by atoms with Crippen LogP contribution in [-0.4, -0.2) is 37.4 Å². The van der Waals surface area contributed by atoms with Gasteiger partial charge in [-0.15, -0.1) is 0 Å². The predicted molar refractivity (Wildman–Crippen MR) is 127 cm³/mol. The maximum atomic E-state index is 13.1. The molecule has 0 saturated heterocycles. The molecule has 1 atom stereocenters. The first-order valence-electron chi connectivity index (χ1n) is 11.7. The number of aliphatic hydroxyl groups is 1. The molecule has 0 radical (unpaired) electrons. The highest BCUT2D eigenvalue weighted by molar-refractivity contribution is 5.82. The molecular formula is C27H24N4O4. The van der Waals surface area contributed by atoms with Crippen molar-refractivity contribution >= 4 is 5.91 Å². The van der Waals surface area contributed by atoms with E-state index >= 15 is 0 Å². The second-order valence-electron chi connectivity index (χ2n) is 9.19. The van der Waals surface area contributed by atoms with Gasteiger partial charge in [-0.1, -0.05) is 48.5 Å². The van der Waals surface area contributed by atoms with Crippen molar-refractivity contribution in [2.75, 3.05) is 6.54 Å². The molecule has 3 heterocycles. The van der Waals surface area contributed by atoms with Crippen molar-refractivity contribution < 1.29 is 14.3 Å². The SMILES string of the molecule is O=C(C(O)c1cccc(-c2cnco2)c1)N1CCc2nc(C3(c4ccccc4)CC3)[nH]c(=O)c2C1. The van der Waals surface area contributed by atoms with Crippen LogP contribution in [0, 0.1) is 0 Å². The Hall–Kier alpha value is -4.04. The van der Waals surface area contributed by atoms with Gasteiger partial charge >= 0.3 is 0 Å². The number of nitrogens with one attached hydrogen (secondary N) is 1. The van der Waals surface area contributed by atoms with Crippen LogP contribution in [0.2, 0.25) is 0 Å². The van der Waals surface area contributed by atoms with E-state index in [1.165, 1.54) is 11.3 Å². The van der Waals surface area contributed by atoms with Crippen molar-refractivity contribution in [2.24, 2.45) is 0 Å². The van der Waals surface area contributed by atoms with Gasteiger partial charge < -0.3 is 19.4 Å². The summed E-state index contributed by atoms with van der Waals surface area (Å²) in [5.74, 6) is 0.809. The summed E-state index contributed by atoms with van der Waals surface area (Å²) >= 11 is 0. The van der Waals surface area contributed by atoms with Gasteiger partial charge in [0.25, 0.3) is 11.5 Å². The zero-order chi connectivity index (χ0) is 24.0. The number of fused-ring (bicyclic) bond motifs is 1. The molecule has 35 heavy (non-hydrogen) atoms. The standard InChI is InChI=1S/C27H24N4O4/c32-23(18-6-4-5-17(13-18)22-14-28-16-35-22)25(34)31-12-9-21-20(15-31)24(33)30-26(29-21)27(10-11-27)19-7-2-1-3-8-19/h1-8,13-14,16,23,32H,9-12,15H2,(H,29,30,33). The van der Waals surface area contributed by atoms with Gasteiger partial charge in [0, 0.05) is 18.5 Å². The molecule has 2 aromatic carbocycles. The van der Waals surface area contributed by atoms with E-state index < -0.39 is 12.0 Å². The molecule has 2 N–H and O–H groups in total. The molecule has 8 heteroatoms. The van der Waals surface area contributed by atoms with Crippen molar-refractivity contribution in [3.8, 4) is 11.3 Å². The Balaban J connectivity index is 1.23. The normalized spacial score (nSPS) is 17.0. The van der Waals surface area contributed by atoms with Gasteiger partial charge in [0.1, 0.15) is 5.82 Å². The number of aromatic amines is 1. The van der Waals surface area contributed by atoms with Gasteiger partial charge in [0.2, 0.25) is 0 Å². The average Bonchev–Trinajstić information content (AvgIpc) is 3.54. The van der Waals surface area contributed by atoms with Gasteiger partial charge in [0.15, 0.2) is 18.3 Å². The maximum absolute atomic E-state index is 13.1. The van der Waals surface area contributed by atoms with Crippen molar-refractivity contribution in [3.63, 3.8) is 0 Å².